The number of benzene rings is 1. The maximum atomic E-state index is 10.6. The zero-order valence-corrected chi connectivity index (χ0v) is 8.01. The molecule has 0 amide bonds. The molecule has 13 heavy (non-hydrogen) atoms. The summed E-state index contributed by atoms with van der Waals surface area (Å²) in [7, 11) is 1.26. The highest BCUT2D eigenvalue weighted by atomic mass is 35.7. The van der Waals surface area contributed by atoms with Crippen LogP contribution < -0.4 is 0 Å². The fraction of sp³-hybridized carbons (Fsp3) is 0.143. The van der Waals surface area contributed by atoms with Gasteiger partial charge in [-0.05, 0) is 6.07 Å². The van der Waals surface area contributed by atoms with Crippen LogP contribution in [-0.2, 0) is 14.8 Å². The second kappa shape index (κ2) is 3.43. The number of hydrogen-bond acceptors (Lipinski definition) is 4. The average molecular weight is 223 g/mol. The minimum absolute atomic E-state index is 0.0787. The topological polar surface area (TPSA) is 74.6 Å². The molecule has 1 aromatic rings. The van der Waals surface area contributed by atoms with Gasteiger partial charge in [0, 0.05) is 16.2 Å². The maximum Gasteiger partial charge on any atom is 0.236 e. The van der Waals surface area contributed by atoms with E-state index in [1.807, 2.05) is 0 Å². The predicted molar refractivity (Wildman–Crippen MR) is 48.2 cm³/mol. The number of rotatable bonds is 2. The van der Waals surface area contributed by atoms with Crippen LogP contribution in [0.2, 0.25) is 0 Å². The van der Waals surface area contributed by atoms with Gasteiger partial charge in [-0.15, -0.1) is 0 Å². The van der Waals surface area contributed by atoms with Crippen molar-refractivity contribution in [3.63, 3.8) is 0 Å². The van der Waals surface area contributed by atoms with E-state index in [1.54, 1.807) is 0 Å². The van der Waals surface area contributed by atoms with E-state index in [1.165, 1.54) is 18.2 Å². The Morgan fingerprint density at radius 1 is 1.31 bits per heavy atom. The second-order valence-electron chi connectivity index (χ2n) is 2.47. The molecular weight excluding hydrogens is 216 g/mol. The molecule has 0 unspecified atom stereocenters. The highest BCUT2D eigenvalue weighted by Crippen LogP contribution is 2.29. The Kier molecular flexibility index (Phi) is 2.68. The number of halogens is 1. The molecule has 0 heterocycles. The van der Waals surface area contributed by atoms with E-state index < -0.39 is 20.6 Å². The molecule has 1 aromatic carbocycles. The van der Waals surface area contributed by atoms with Crippen LogP contribution in [-0.4, -0.2) is 18.6 Å². The molecule has 1 rings (SSSR count). The molecule has 0 atom stereocenters. The van der Waals surface area contributed by atoms with E-state index in [4.69, 9.17) is 15.8 Å². The van der Waals surface area contributed by atoms with Gasteiger partial charge in [-0.3, -0.25) is 0 Å². The van der Waals surface area contributed by atoms with E-state index in [2.05, 4.69) is 0 Å². The van der Waals surface area contributed by atoms with Crippen LogP contribution in [0, 0.1) is 0 Å². The number of aromatic hydroxyl groups is 2. The second-order valence-corrected chi connectivity index (χ2v) is 5.24. The molecule has 0 bridgehead atoms. The number of phenolic OH excluding ortho intramolecular Hbond substituents is 2. The third-order valence-electron chi connectivity index (χ3n) is 1.43. The lowest BCUT2D eigenvalue weighted by atomic mass is 10.2. The van der Waals surface area contributed by atoms with E-state index in [0.29, 0.717) is 0 Å². The zero-order chi connectivity index (χ0) is 10.1. The van der Waals surface area contributed by atoms with Gasteiger partial charge in [0.05, 0.1) is 5.75 Å². The Balaban J connectivity index is 3.10. The summed E-state index contributed by atoms with van der Waals surface area (Å²) in [5.74, 6) is -1.32. The summed E-state index contributed by atoms with van der Waals surface area (Å²) in [6.07, 6.45) is 0. The minimum Gasteiger partial charge on any atom is -0.504 e. The Bertz CT molecular complexity index is 413. The summed E-state index contributed by atoms with van der Waals surface area (Å²) < 4.78 is 21.3. The van der Waals surface area contributed by atoms with Gasteiger partial charge in [-0.1, -0.05) is 12.1 Å². The van der Waals surface area contributed by atoms with E-state index in [-0.39, 0.29) is 11.3 Å². The quantitative estimate of drug-likeness (QED) is 0.582. The lowest BCUT2D eigenvalue weighted by molar-refractivity contribution is 0.400. The molecule has 0 radical (unpaired) electrons. The molecular formula is C7H7ClO4S. The van der Waals surface area contributed by atoms with Gasteiger partial charge in [0.2, 0.25) is 9.05 Å². The molecule has 0 fully saturated rings. The Labute approximate surface area is 79.8 Å². The van der Waals surface area contributed by atoms with Crippen molar-refractivity contribution in [2.45, 2.75) is 5.75 Å². The summed E-state index contributed by atoms with van der Waals surface area (Å²) in [6, 6.07) is 4.04. The normalized spacial score (nSPS) is 11.5. The highest BCUT2D eigenvalue weighted by Gasteiger charge is 2.12. The van der Waals surface area contributed by atoms with Crippen LogP contribution in [0.4, 0.5) is 0 Å². The van der Waals surface area contributed by atoms with Crippen molar-refractivity contribution in [3.05, 3.63) is 23.8 Å². The highest BCUT2D eigenvalue weighted by molar-refractivity contribution is 8.13. The minimum atomic E-state index is -3.72. The van der Waals surface area contributed by atoms with Crippen LogP contribution in [0.1, 0.15) is 5.56 Å². The van der Waals surface area contributed by atoms with Crippen LogP contribution in [0.5, 0.6) is 11.5 Å². The van der Waals surface area contributed by atoms with Gasteiger partial charge >= 0.3 is 0 Å². The van der Waals surface area contributed by atoms with Gasteiger partial charge < -0.3 is 10.2 Å². The molecule has 0 aliphatic rings. The summed E-state index contributed by atoms with van der Waals surface area (Å²) in [5, 5.41) is 18.2. The summed E-state index contributed by atoms with van der Waals surface area (Å²) >= 11 is 0. The SMILES string of the molecule is O=S(=O)(Cl)Cc1cccc(O)c1O. The molecule has 0 aromatic heterocycles. The van der Waals surface area contributed by atoms with Crippen molar-refractivity contribution in [1.82, 2.24) is 0 Å². The monoisotopic (exact) mass is 222 g/mol. The standard InChI is InChI=1S/C7H7ClO4S/c8-13(11,12)4-5-2-1-3-6(9)7(5)10/h1-3,9-10H,4H2. The van der Waals surface area contributed by atoms with Crippen LogP contribution in [0.25, 0.3) is 0 Å². The van der Waals surface area contributed by atoms with Crippen LogP contribution in [0.3, 0.4) is 0 Å². The first-order valence-electron chi connectivity index (χ1n) is 3.32. The fourth-order valence-corrected chi connectivity index (χ4v) is 1.84. The van der Waals surface area contributed by atoms with Gasteiger partial charge in [-0.25, -0.2) is 8.42 Å². The average Bonchev–Trinajstić information content (AvgIpc) is 1.96. The number of phenols is 2. The first-order chi connectivity index (χ1) is 5.90. The smallest absolute Gasteiger partial charge is 0.236 e. The summed E-state index contributed by atoms with van der Waals surface area (Å²) in [4.78, 5) is 0. The molecule has 0 spiro atoms. The Morgan fingerprint density at radius 3 is 2.46 bits per heavy atom. The molecule has 0 saturated heterocycles. The Morgan fingerprint density at radius 2 is 1.92 bits per heavy atom. The van der Waals surface area contributed by atoms with Crippen molar-refractivity contribution in [2.24, 2.45) is 0 Å². The van der Waals surface area contributed by atoms with E-state index in [0.717, 1.165) is 0 Å². The molecule has 6 heteroatoms. The van der Waals surface area contributed by atoms with Gasteiger partial charge in [0.1, 0.15) is 0 Å². The lowest BCUT2D eigenvalue weighted by Gasteiger charge is -2.02. The number of hydrogen-bond donors (Lipinski definition) is 2. The van der Waals surface area contributed by atoms with Crippen molar-refractivity contribution in [3.8, 4) is 11.5 Å². The zero-order valence-electron chi connectivity index (χ0n) is 6.44. The van der Waals surface area contributed by atoms with Gasteiger partial charge in [0.25, 0.3) is 0 Å². The third kappa shape index (κ3) is 2.78. The Hall–Kier alpha value is -0.940. The van der Waals surface area contributed by atoms with Crippen molar-refractivity contribution in [2.75, 3.05) is 0 Å². The summed E-state index contributed by atoms with van der Waals surface area (Å²) in [6.45, 7) is 0. The lowest BCUT2D eigenvalue weighted by Crippen LogP contribution is -1.95. The molecule has 2 N–H and O–H groups in total. The molecule has 0 saturated carbocycles. The third-order valence-corrected chi connectivity index (χ3v) is 2.41. The maximum absolute atomic E-state index is 10.6. The molecule has 0 aliphatic carbocycles. The van der Waals surface area contributed by atoms with Crippen molar-refractivity contribution in [1.29, 1.82) is 0 Å². The molecule has 4 nitrogen and oxygen atoms in total. The van der Waals surface area contributed by atoms with E-state index >= 15 is 0 Å². The van der Waals surface area contributed by atoms with Gasteiger partial charge in [0.15, 0.2) is 11.5 Å². The van der Waals surface area contributed by atoms with Gasteiger partial charge in [-0.2, -0.15) is 0 Å². The predicted octanol–water partition coefficient (Wildman–Crippen LogP) is 1.17. The fourth-order valence-electron chi connectivity index (χ4n) is 0.880. The van der Waals surface area contributed by atoms with Crippen LogP contribution in [0.15, 0.2) is 18.2 Å². The van der Waals surface area contributed by atoms with Crippen LogP contribution >= 0.6 is 10.7 Å². The molecule has 0 aliphatic heterocycles. The largest absolute Gasteiger partial charge is 0.504 e. The summed E-state index contributed by atoms with van der Waals surface area (Å²) in [5.41, 5.74) is 0.0787. The van der Waals surface area contributed by atoms with Crippen molar-refractivity contribution >= 4 is 19.7 Å². The van der Waals surface area contributed by atoms with E-state index in [9.17, 15) is 13.5 Å². The number of para-hydroxylation sites is 1. The first-order valence-corrected chi connectivity index (χ1v) is 5.80. The molecule has 72 valence electrons. The first kappa shape index (κ1) is 10.1. The van der Waals surface area contributed by atoms with Crippen molar-refractivity contribution < 1.29 is 18.6 Å².